The van der Waals surface area contributed by atoms with Gasteiger partial charge in [-0.25, -0.2) is 0 Å². The first-order chi connectivity index (χ1) is 3.79. The van der Waals surface area contributed by atoms with E-state index in [0.29, 0.717) is 5.75 Å². The van der Waals surface area contributed by atoms with E-state index in [4.69, 9.17) is 5.11 Å². The van der Waals surface area contributed by atoms with Crippen molar-refractivity contribution in [1.82, 2.24) is 0 Å². The van der Waals surface area contributed by atoms with Crippen LogP contribution in [0.15, 0.2) is 24.3 Å². The van der Waals surface area contributed by atoms with Gasteiger partial charge in [0.05, 0.1) is 0 Å². The molecule has 0 bridgehead atoms. The molecule has 0 fully saturated rings. The van der Waals surface area contributed by atoms with Crippen molar-refractivity contribution in [2.45, 2.75) is 0 Å². The van der Waals surface area contributed by atoms with Crippen molar-refractivity contribution in [2.24, 2.45) is 0 Å². The largest absolute Gasteiger partial charge is 0.593 e. The summed E-state index contributed by atoms with van der Waals surface area (Å²) in [5.41, 5.74) is 0. The van der Waals surface area contributed by atoms with Crippen molar-refractivity contribution in [3.05, 3.63) is 27.8 Å². The molecule has 0 spiro atoms. The van der Waals surface area contributed by atoms with Crippen molar-refractivity contribution in [3.8, 4) is 5.75 Å². The van der Waals surface area contributed by atoms with Crippen molar-refractivity contribution in [2.75, 3.05) is 0 Å². The van der Waals surface area contributed by atoms with Gasteiger partial charge in [-0.15, -0.1) is 0 Å². The van der Waals surface area contributed by atoms with Crippen LogP contribution in [0.25, 0.3) is 0 Å². The van der Waals surface area contributed by atoms with Crippen LogP contribution in [0.2, 0.25) is 0 Å². The zero-order valence-electron chi connectivity index (χ0n) is 4.19. The fraction of sp³-hybridized carbons (Fsp3) is 0. The number of halogens is 1. The molecule has 2 N–H and O–H groups in total. The highest BCUT2D eigenvalue weighted by Gasteiger charge is 1.87. The van der Waals surface area contributed by atoms with E-state index in [0.717, 1.165) is 0 Å². The molecule has 0 radical (unpaired) electrons. The Morgan fingerprint density at radius 3 is 2.00 bits per heavy atom. The van der Waals surface area contributed by atoms with Gasteiger partial charge in [0.2, 0.25) is 0 Å². The second-order valence-corrected chi connectivity index (χ2v) is 2.75. The topological polar surface area (TPSA) is 22.9 Å². The average molecular weight is 221 g/mol. The Hall–Kier alpha value is -0.250. The van der Waals surface area contributed by atoms with E-state index in [1.165, 1.54) is 3.57 Å². The zero-order chi connectivity index (χ0) is 5.98. The lowest BCUT2D eigenvalue weighted by Crippen LogP contribution is -1.65. The predicted molar refractivity (Wildman–Crippen MR) is 42.2 cm³/mol. The van der Waals surface area contributed by atoms with Crippen LogP contribution in [0.4, 0.5) is 0 Å². The summed E-state index contributed by atoms with van der Waals surface area (Å²) in [6.07, 6.45) is 0. The summed E-state index contributed by atoms with van der Waals surface area (Å²) in [4.78, 5) is 0. The maximum absolute atomic E-state index is 7.09. The van der Waals surface area contributed by atoms with Gasteiger partial charge in [-0.3, -0.25) is 0 Å². The highest BCUT2D eigenvalue weighted by molar-refractivity contribution is 14.1. The number of hydrogen-bond donors (Lipinski definition) is 0. The fourth-order valence-electron chi connectivity index (χ4n) is 0.450. The summed E-state index contributed by atoms with van der Waals surface area (Å²) >= 11 is 2.21. The molecule has 0 saturated carbocycles. The van der Waals surface area contributed by atoms with Crippen LogP contribution in [0, 0.1) is 3.57 Å². The SMILES string of the molecule is [OH2+]c1ccc(I)cc1. The average Bonchev–Trinajstić information content (AvgIpc) is 1.77. The molecule has 42 valence electrons. The van der Waals surface area contributed by atoms with E-state index in [-0.39, 0.29) is 0 Å². The molecule has 8 heavy (non-hydrogen) atoms. The van der Waals surface area contributed by atoms with Crippen molar-refractivity contribution < 1.29 is 5.11 Å². The molecule has 1 nitrogen and oxygen atoms in total. The Kier molecular flexibility index (Phi) is 1.73. The maximum atomic E-state index is 7.09. The summed E-state index contributed by atoms with van der Waals surface area (Å²) in [6, 6.07) is 7.40. The minimum atomic E-state index is 0.574. The van der Waals surface area contributed by atoms with E-state index in [9.17, 15) is 0 Å². The van der Waals surface area contributed by atoms with Crippen LogP contribution in [0.3, 0.4) is 0 Å². The van der Waals surface area contributed by atoms with Crippen LogP contribution < -0.4 is 0 Å². The third-order valence-electron chi connectivity index (χ3n) is 0.844. The molecule has 0 aliphatic rings. The van der Waals surface area contributed by atoms with Gasteiger partial charge in [-0.05, 0) is 34.7 Å². The van der Waals surface area contributed by atoms with Gasteiger partial charge in [0.25, 0.3) is 5.75 Å². The molecule has 1 aromatic carbocycles. The summed E-state index contributed by atoms with van der Waals surface area (Å²) in [5.74, 6) is 0.574. The fourth-order valence-corrected chi connectivity index (χ4v) is 0.809. The lowest BCUT2D eigenvalue weighted by molar-refractivity contribution is 0.475. The molecule has 0 aromatic heterocycles. The van der Waals surface area contributed by atoms with Gasteiger partial charge in [0.1, 0.15) is 0 Å². The van der Waals surface area contributed by atoms with Gasteiger partial charge in [-0.1, -0.05) is 0 Å². The number of benzene rings is 1. The van der Waals surface area contributed by atoms with Crippen molar-refractivity contribution in [1.29, 1.82) is 0 Å². The lowest BCUT2D eigenvalue weighted by atomic mass is 10.3. The molecule has 0 aliphatic heterocycles. The van der Waals surface area contributed by atoms with E-state index in [2.05, 4.69) is 22.6 Å². The monoisotopic (exact) mass is 221 g/mol. The van der Waals surface area contributed by atoms with Crippen molar-refractivity contribution in [3.63, 3.8) is 0 Å². The second kappa shape index (κ2) is 2.35. The Morgan fingerprint density at radius 1 is 1.12 bits per heavy atom. The van der Waals surface area contributed by atoms with Crippen LogP contribution >= 0.6 is 22.6 Å². The van der Waals surface area contributed by atoms with E-state index in [1.54, 1.807) is 12.1 Å². The van der Waals surface area contributed by atoms with Crippen LogP contribution in [0.1, 0.15) is 0 Å². The highest BCUT2D eigenvalue weighted by Crippen LogP contribution is 2.10. The third kappa shape index (κ3) is 1.36. The smallest absolute Gasteiger partial charge is 0.253 e. The van der Waals surface area contributed by atoms with Crippen LogP contribution in [-0.4, -0.2) is 5.11 Å². The molecule has 1 rings (SSSR count). The van der Waals surface area contributed by atoms with Gasteiger partial charge < -0.3 is 5.11 Å². The Morgan fingerprint density at radius 2 is 1.62 bits per heavy atom. The standard InChI is InChI=1S/C6H5IO/c7-5-1-3-6(8)4-2-5/h1-4,8H/p+1. The molecule has 2 heteroatoms. The van der Waals surface area contributed by atoms with Crippen LogP contribution in [-0.2, 0) is 0 Å². The number of hydrogen-bond acceptors (Lipinski definition) is 0. The molecule has 0 heterocycles. The Bertz CT molecular complexity index is 147. The van der Waals surface area contributed by atoms with Gasteiger partial charge in [0, 0.05) is 15.7 Å². The van der Waals surface area contributed by atoms with Crippen LogP contribution in [0.5, 0.6) is 5.75 Å². The van der Waals surface area contributed by atoms with Gasteiger partial charge in [0.15, 0.2) is 0 Å². The minimum Gasteiger partial charge on any atom is -0.593 e. The summed E-state index contributed by atoms with van der Waals surface area (Å²) < 4.78 is 1.18. The molecule has 0 saturated heterocycles. The van der Waals surface area contributed by atoms with E-state index in [1.807, 2.05) is 12.1 Å². The maximum Gasteiger partial charge on any atom is 0.253 e. The van der Waals surface area contributed by atoms with Gasteiger partial charge >= 0.3 is 0 Å². The van der Waals surface area contributed by atoms with Crippen molar-refractivity contribution >= 4 is 22.6 Å². The first-order valence-corrected chi connectivity index (χ1v) is 3.34. The zero-order valence-corrected chi connectivity index (χ0v) is 6.34. The minimum absolute atomic E-state index is 0.574. The quantitative estimate of drug-likeness (QED) is 0.470. The molecule has 1 aromatic rings. The molecule has 0 atom stereocenters. The first kappa shape index (κ1) is 5.88. The Balaban J connectivity index is 3.03. The molecule has 0 amide bonds. The summed E-state index contributed by atoms with van der Waals surface area (Å²) in [5, 5.41) is 7.09. The molecule has 0 aliphatic carbocycles. The van der Waals surface area contributed by atoms with Gasteiger partial charge in [-0.2, -0.15) is 0 Å². The Labute approximate surface area is 61.5 Å². The molecule has 0 unspecified atom stereocenters. The third-order valence-corrected chi connectivity index (χ3v) is 1.56. The predicted octanol–water partition coefficient (Wildman–Crippen LogP) is 1.73. The highest BCUT2D eigenvalue weighted by atomic mass is 127. The lowest BCUT2D eigenvalue weighted by Gasteiger charge is -1.84. The molecular formula is C6H6IO+. The second-order valence-electron chi connectivity index (χ2n) is 1.51. The molecular weight excluding hydrogens is 215 g/mol. The van der Waals surface area contributed by atoms with E-state index >= 15 is 0 Å². The first-order valence-electron chi connectivity index (χ1n) is 2.26. The summed E-state index contributed by atoms with van der Waals surface area (Å²) in [7, 11) is 0. The summed E-state index contributed by atoms with van der Waals surface area (Å²) in [6.45, 7) is 0. The normalized spacial score (nSPS) is 9.12. The van der Waals surface area contributed by atoms with E-state index < -0.39 is 0 Å². The number of rotatable bonds is 0.